The van der Waals surface area contributed by atoms with Crippen molar-refractivity contribution in [2.24, 2.45) is 0 Å². The van der Waals surface area contributed by atoms with Crippen LogP contribution in [0, 0.1) is 13.8 Å². The van der Waals surface area contributed by atoms with Gasteiger partial charge in [-0.1, -0.05) is 17.7 Å². The third kappa shape index (κ3) is 5.82. The van der Waals surface area contributed by atoms with Gasteiger partial charge in [-0.15, -0.1) is 11.3 Å². The maximum atomic E-state index is 12.5. The van der Waals surface area contributed by atoms with Crippen LogP contribution in [0.25, 0.3) is 0 Å². The van der Waals surface area contributed by atoms with Crippen molar-refractivity contribution in [2.45, 2.75) is 26.9 Å². The van der Waals surface area contributed by atoms with Gasteiger partial charge in [0.05, 0.1) is 31.9 Å². The Bertz CT molecular complexity index is 1050. The molecule has 0 aliphatic carbocycles. The third-order valence-corrected chi connectivity index (χ3v) is 5.48. The van der Waals surface area contributed by atoms with Crippen LogP contribution in [0.15, 0.2) is 41.8 Å². The summed E-state index contributed by atoms with van der Waals surface area (Å²) in [5.74, 6) is 0.424. The van der Waals surface area contributed by atoms with Crippen molar-refractivity contribution in [2.75, 3.05) is 19.5 Å². The number of thiazole rings is 1. The van der Waals surface area contributed by atoms with Gasteiger partial charge in [-0.3, -0.25) is 4.79 Å². The number of aryl methyl sites for hydroxylation is 1. The zero-order valence-electron chi connectivity index (χ0n) is 17.9. The summed E-state index contributed by atoms with van der Waals surface area (Å²) in [6.45, 7) is 3.84. The average Bonchev–Trinajstić information content (AvgIpc) is 3.20. The van der Waals surface area contributed by atoms with E-state index in [0.29, 0.717) is 27.8 Å². The number of benzene rings is 2. The standard InChI is InChI=1S/C23H24N2O5S/c1-14-5-7-17(8-6-14)24-21(26)11-22-25-18(13-31-22)12-30-23(27)16-9-19(28-3)15(2)20(10-16)29-4/h5-10,13H,11-12H2,1-4H3,(H,24,26). The minimum Gasteiger partial charge on any atom is -0.496 e. The highest BCUT2D eigenvalue weighted by Crippen LogP contribution is 2.30. The highest BCUT2D eigenvalue weighted by atomic mass is 32.1. The van der Waals surface area contributed by atoms with E-state index in [1.807, 2.05) is 38.1 Å². The highest BCUT2D eigenvalue weighted by Gasteiger charge is 2.16. The van der Waals surface area contributed by atoms with Crippen LogP contribution in [0.4, 0.5) is 5.69 Å². The summed E-state index contributed by atoms with van der Waals surface area (Å²) in [7, 11) is 3.06. The molecule has 7 nitrogen and oxygen atoms in total. The van der Waals surface area contributed by atoms with Gasteiger partial charge in [0.15, 0.2) is 0 Å². The number of rotatable bonds is 8. The van der Waals surface area contributed by atoms with Crippen molar-refractivity contribution < 1.29 is 23.8 Å². The Morgan fingerprint density at radius 1 is 1.03 bits per heavy atom. The fraction of sp³-hybridized carbons (Fsp3) is 0.261. The molecule has 0 bridgehead atoms. The summed E-state index contributed by atoms with van der Waals surface area (Å²) in [6, 6.07) is 10.8. The number of hydrogen-bond acceptors (Lipinski definition) is 7. The van der Waals surface area contributed by atoms with Crippen LogP contribution in [-0.2, 0) is 22.6 Å². The molecule has 0 unspecified atom stereocenters. The Labute approximate surface area is 185 Å². The van der Waals surface area contributed by atoms with Crippen molar-refractivity contribution in [1.82, 2.24) is 4.98 Å². The van der Waals surface area contributed by atoms with Gasteiger partial charge in [-0.2, -0.15) is 0 Å². The Morgan fingerprint density at radius 2 is 1.68 bits per heavy atom. The van der Waals surface area contributed by atoms with E-state index in [-0.39, 0.29) is 18.9 Å². The van der Waals surface area contributed by atoms with Gasteiger partial charge in [0.25, 0.3) is 0 Å². The van der Waals surface area contributed by atoms with E-state index >= 15 is 0 Å². The van der Waals surface area contributed by atoms with E-state index in [1.165, 1.54) is 25.6 Å². The first-order chi connectivity index (χ1) is 14.9. The van der Waals surface area contributed by atoms with Gasteiger partial charge in [-0.25, -0.2) is 9.78 Å². The second-order valence-corrected chi connectivity index (χ2v) is 7.85. The molecule has 2 aromatic carbocycles. The molecule has 31 heavy (non-hydrogen) atoms. The number of amides is 1. The molecule has 0 atom stereocenters. The summed E-state index contributed by atoms with van der Waals surface area (Å²) < 4.78 is 16.0. The number of ether oxygens (including phenoxy) is 3. The Kier molecular flexibility index (Phi) is 7.25. The van der Waals surface area contributed by atoms with Gasteiger partial charge in [0.1, 0.15) is 23.1 Å². The van der Waals surface area contributed by atoms with Crippen molar-refractivity contribution in [3.63, 3.8) is 0 Å². The predicted octanol–water partition coefficient (Wildman–Crippen LogP) is 4.32. The molecule has 0 spiro atoms. The number of hydrogen-bond donors (Lipinski definition) is 1. The molecule has 1 aromatic heterocycles. The molecule has 0 aliphatic heterocycles. The number of esters is 1. The number of aromatic nitrogens is 1. The molecular weight excluding hydrogens is 416 g/mol. The Balaban J connectivity index is 1.57. The van der Waals surface area contributed by atoms with E-state index in [4.69, 9.17) is 14.2 Å². The molecule has 1 N–H and O–H groups in total. The van der Waals surface area contributed by atoms with Crippen LogP contribution in [0.5, 0.6) is 11.5 Å². The summed E-state index contributed by atoms with van der Waals surface area (Å²) in [5.41, 5.74) is 3.58. The topological polar surface area (TPSA) is 86.8 Å². The van der Waals surface area contributed by atoms with Gasteiger partial charge in [-0.05, 0) is 38.1 Å². The van der Waals surface area contributed by atoms with Gasteiger partial charge in [0, 0.05) is 16.6 Å². The first kappa shape index (κ1) is 22.3. The molecule has 3 aromatic rings. The minimum absolute atomic E-state index is 0.00736. The fourth-order valence-electron chi connectivity index (χ4n) is 2.90. The maximum Gasteiger partial charge on any atom is 0.338 e. The van der Waals surface area contributed by atoms with Crippen LogP contribution in [-0.4, -0.2) is 31.1 Å². The average molecular weight is 441 g/mol. The summed E-state index contributed by atoms with van der Waals surface area (Å²) in [5, 5.41) is 5.27. The number of anilines is 1. The predicted molar refractivity (Wildman–Crippen MR) is 119 cm³/mol. The lowest BCUT2D eigenvalue weighted by molar-refractivity contribution is -0.115. The quantitative estimate of drug-likeness (QED) is 0.525. The Hall–Kier alpha value is -3.39. The van der Waals surface area contributed by atoms with Crippen LogP contribution < -0.4 is 14.8 Å². The third-order valence-electron chi connectivity index (χ3n) is 4.59. The molecule has 162 valence electrons. The van der Waals surface area contributed by atoms with Crippen LogP contribution in [0.2, 0.25) is 0 Å². The van der Waals surface area contributed by atoms with Crippen molar-refractivity contribution in [1.29, 1.82) is 0 Å². The van der Waals surface area contributed by atoms with Gasteiger partial charge < -0.3 is 19.5 Å². The van der Waals surface area contributed by atoms with E-state index in [2.05, 4.69) is 10.3 Å². The highest BCUT2D eigenvalue weighted by molar-refractivity contribution is 7.09. The normalized spacial score (nSPS) is 10.5. The second-order valence-electron chi connectivity index (χ2n) is 6.91. The number of carbonyl (C=O) groups is 2. The fourth-order valence-corrected chi connectivity index (χ4v) is 3.68. The number of nitrogens with one attached hydrogen (secondary N) is 1. The molecule has 1 heterocycles. The SMILES string of the molecule is COc1cc(C(=O)OCc2csc(CC(=O)Nc3ccc(C)cc3)n2)cc(OC)c1C. The maximum absolute atomic E-state index is 12.5. The monoisotopic (exact) mass is 440 g/mol. The lowest BCUT2D eigenvalue weighted by atomic mass is 10.1. The summed E-state index contributed by atoms with van der Waals surface area (Å²) >= 11 is 1.35. The second kappa shape index (κ2) is 10.1. The summed E-state index contributed by atoms with van der Waals surface area (Å²) in [6.07, 6.45) is 0.152. The number of nitrogens with zero attached hydrogens (tertiary/aromatic N) is 1. The van der Waals surface area contributed by atoms with E-state index in [1.54, 1.807) is 17.5 Å². The molecule has 0 saturated heterocycles. The summed E-state index contributed by atoms with van der Waals surface area (Å²) in [4.78, 5) is 29.1. The van der Waals surface area contributed by atoms with Crippen molar-refractivity contribution in [3.8, 4) is 11.5 Å². The zero-order valence-corrected chi connectivity index (χ0v) is 18.7. The van der Waals surface area contributed by atoms with Crippen LogP contribution in [0.3, 0.4) is 0 Å². The zero-order chi connectivity index (χ0) is 22.4. The number of methoxy groups -OCH3 is 2. The molecule has 0 radical (unpaired) electrons. The minimum atomic E-state index is -0.511. The Morgan fingerprint density at radius 3 is 2.29 bits per heavy atom. The lowest BCUT2D eigenvalue weighted by Crippen LogP contribution is -2.14. The van der Waals surface area contributed by atoms with Crippen molar-refractivity contribution >= 4 is 28.9 Å². The molecule has 0 aliphatic rings. The molecule has 3 rings (SSSR count). The molecular formula is C23H24N2O5S. The molecule has 8 heteroatoms. The van der Waals surface area contributed by atoms with Crippen molar-refractivity contribution in [3.05, 3.63) is 69.2 Å². The number of carbonyl (C=O) groups excluding carboxylic acids is 2. The van der Waals surface area contributed by atoms with E-state index in [0.717, 1.165) is 16.8 Å². The molecule has 0 saturated carbocycles. The van der Waals surface area contributed by atoms with Crippen LogP contribution in [0.1, 0.15) is 32.2 Å². The first-order valence-electron chi connectivity index (χ1n) is 9.59. The lowest BCUT2D eigenvalue weighted by Gasteiger charge is -2.12. The first-order valence-corrected chi connectivity index (χ1v) is 10.5. The molecule has 1 amide bonds. The van der Waals surface area contributed by atoms with Gasteiger partial charge >= 0.3 is 5.97 Å². The van der Waals surface area contributed by atoms with Gasteiger partial charge in [0.2, 0.25) is 5.91 Å². The molecule has 0 fully saturated rings. The smallest absolute Gasteiger partial charge is 0.338 e. The van der Waals surface area contributed by atoms with Crippen LogP contribution >= 0.6 is 11.3 Å². The largest absolute Gasteiger partial charge is 0.496 e. The van der Waals surface area contributed by atoms with E-state index < -0.39 is 5.97 Å². The van der Waals surface area contributed by atoms with E-state index in [9.17, 15) is 9.59 Å².